The van der Waals surface area contributed by atoms with Gasteiger partial charge in [0.15, 0.2) is 0 Å². The van der Waals surface area contributed by atoms with Gasteiger partial charge < -0.3 is 0 Å². The van der Waals surface area contributed by atoms with Crippen LogP contribution in [0.3, 0.4) is 0 Å². The van der Waals surface area contributed by atoms with Gasteiger partial charge in [-0.2, -0.15) is 0 Å². The highest BCUT2D eigenvalue weighted by Crippen LogP contribution is 2.07. The molecule has 0 bridgehead atoms. The number of hydrogen-bond donors (Lipinski definition) is 0. The third-order valence-electron chi connectivity index (χ3n) is 4.76. The van der Waals surface area contributed by atoms with Crippen LogP contribution in [0, 0.1) is 20.8 Å². The molecule has 0 aliphatic heterocycles. The Labute approximate surface area is 154 Å². The zero-order valence-corrected chi connectivity index (χ0v) is 15.3. The average Bonchev–Trinajstić information content (AvgIpc) is 2.64. The molecule has 0 aliphatic carbocycles. The number of aromatic nitrogens is 2. The van der Waals surface area contributed by atoms with Gasteiger partial charge in [0.25, 0.3) is 5.56 Å². The summed E-state index contributed by atoms with van der Waals surface area (Å²) < 4.78 is 2.96. The summed E-state index contributed by atoms with van der Waals surface area (Å²) in [5.74, 6) is 0. The molecule has 0 unspecified atom stereocenters. The van der Waals surface area contributed by atoms with E-state index in [1.165, 1.54) is 4.57 Å². The van der Waals surface area contributed by atoms with Gasteiger partial charge in [0, 0.05) is 11.3 Å². The summed E-state index contributed by atoms with van der Waals surface area (Å²) in [6, 6.07) is 15.3. The molecule has 130 valence electrons. The van der Waals surface area contributed by atoms with Gasteiger partial charge in [0.05, 0.1) is 13.1 Å². The molecule has 1 aromatic heterocycles. The largest absolute Gasteiger partial charge is 0.331 e. The molecule has 4 nitrogen and oxygen atoms in total. The predicted octanol–water partition coefficient (Wildman–Crippen LogP) is 1.83. The van der Waals surface area contributed by atoms with Gasteiger partial charge in [0.2, 0.25) is 0 Å². The SMILES string of the molecule is [B]c1ccc(Cn2c(C)c(C)c(=O)n(Cc3ccc(C)cc3)c2=O)cc1. The second-order valence-corrected chi connectivity index (χ2v) is 6.70. The number of nitrogens with zero attached hydrogens (tertiary/aromatic N) is 2. The lowest BCUT2D eigenvalue weighted by atomic mass is 9.95. The van der Waals surface area contributed by atoms with Crippen molar-refractivity contribution in [2.24, 2.45) is 0 Å². The normalized spacial score (nSPS) is 10.9. The first-order chi connectivity index (χ1) is 12.4. The molecule has 1 heterocycles. The van der Waals surface area contributed by atoms with E-state index in [2.05, 4.69) is 0 Å². The highest BCUT2D eigenvalue weighted by atomic mass is 16.2. The Balaban J connectivity index is 2.06. The predicted molar refractivity (Wildman–Crippen MR) is 106 cm³/mol. The number of aryl methyl sites for hydroxylation is 1. The Morgan fingerprint density at radius 3 is 1.85 bits per heavy atom. The molecule has 0 N–H and O–H groups in total. The van der Waals surface area contributed by atoms with Crippen molar-refractivity contribution < 1.29 is 0 Å². The minimum Gasteiger partial charge on any atom is -0.293 e. The summed E-state index contributed by atoms with van der Waals surface area (Å²) in [5.41, 5.74) is 4.46. The van der Waals surface area contributed by atoms with Crippen LogP contribution < -0.4 is 16.7 Å². The molecule has 2 radical (unpaired) electrons. The monoisotopic (exact) mass is 344 g/mol. The molecule has 0 spiro atoms. The van der Waals surface area contributed by atoms with Gasteiger partial charge in [0.1, 0.15) is 7.85 Å². The van der Waals surface area contributed by atoms with Crippen LogP contribution in [0.15, 0.2) is 58.1 Å². The molecule has 0 amide bonds. The molecule has 2 aromatic carbocycles. The molecule has 5 heteroatoms. The van der Waals surface area contributed by atoms with Crippen molar-refractivity contribution in [3.05, 3.63) is 97.3 Å². The lowest BCUT2D eigenvalue weighted by molar-refractivity contribution is 0.591. The van der Waals surface area contributed by atoms with Crippen molar-refractivity contribution in [1.29, 1.82) is 0 Å². The summed E-state index contributed by atoms with van der Waals surface area (Å²) in [6.07, 6.45) is 0. The molecule has 0 atom stereocenters. The van der Waals surface area contributed by atoms with E-state index in [9.17, 15) is 9.59 Å². The molecular weight excluding hydrogens is 323 g/mol. The first-order valence-electron chi connectivity index (χ1n) is 8.57. The van der Waals surface area contributed by atoms with E-state index in [0.29, 0.717) is 23.3 Å². The van der Waals surface area contributed by atoms with E-state index in [-0.39, 0.29) is 17.8 Å². The van der Waals surface area contributed by atoms with E-state index < -0.39 is 0 Å². The standard InChI is InChI=1S/C21H21BN2O2/c1-14-4-6-17(7-5-14)13-24-20(25)15(2)16(3)23(21(24)26)12-18-8-10-19(22)11-9-18/h4-11H,12-13H2,1-3H3. The highest BCUT2D eigenvalue weighted by molar-refractivity contribution is 6.32. The lowest BCUT2D eigenvalue weighted by Gasteiger charge is -2.16. The van der Waals surface area contributed by atoms with Crippen molar-refractivity contribution in [2.45, 2.75) is 33.9 Å². The van der Waals surface area contributed by atoms with Crippen molar-refractivity contribution in [3.8, 4) is 0 Å². The maximum Gasteiger partial charge on any atom is 0.331 e. The average molecular weight is 344 g/mol. The van der Waals surface area contributed by atoms with Crippen LogP contribution in [0.25, 0.3) is 0 Å². The summed E-state index contributed by atoms with van der Waals surface area (Å²) in [6.45, 7) is 6.25. The van der Waals surface area contributed by atoms with Gasteiger partial charge in [-0.25, -0.2) is 4.79 Å². The third-order valence-corrected chi connectivity index (χ3v) is 4.76. The first-order valence-corrected chi connectivity index (χ1v) is 8.57. The van der Waals surface area contributed by atoms with E-state index in [4.69, 9.17) is 7.85 Å². The second-order valence-electron chi connectivity index (χ2n) is 6.70. The van der Waals surface area contributed by atoms with Crippen LogP contribution in [-0.2, 0) is 13.1 Å². The number of benzene rings is 2. The van der Waals surface area contributed by atoms with E-state index in [1.54, 1.807) is 11.5 Å². The fourth-order valence-electron chi connectivity index (χ4n) is 2.94. The van der Waals surface area contributed by atoms with Gasteiger partial charge in [-0.1, -0.05) is 59.6 Å². The first kappa shape index (κ1) is 18.0. The molecule has 0 saturated carbocycles. The molecule has 0 fully saturated rings. The summed E-state index contributed by atoms with van der Waals surface area (Å²) >= 11 is 0. The summed E-state index contributed by atoms with van der Waals surface area (Å²) in [5, 5.41) is 0. The van der Waals surface area contributed by atoms with Crippen molar-refractivity contribution in [2.75, 3.05) is 0 Å². The Hall–Kier alpha value is -2.82. The van der Waals surface area contributed by atoms with E-state index >= 15 is 0 Å². The van der Waals surface area contributed by atoms with Crippen molar-refractivity contribution in [1.82, 2.24) is 9.13 Å². The summed E-state index contributed by atoms with van der Waals surface area (Å²) in [4.78, 5) is 25.7. The molecule has 0 saturated heterocycles. The van der Waals surface area contributed by atoms with Crippen LogP contribution in [0.1, 0.15) is 27.9 Å². The van der Waals surface area contributed by atoms with Crippen LogP contribution in [0.2, 0.25) is 0 Å². The molecule has 0 aliphatic rings. The minimum absolute atomic E-state index is 0.235. The Morgan fingerprint density at radius 2 is 1.27 bits per heavy atom. The molecule has 3 rings (SSSR count). The smallest absolute Gasteiger partial charge is 0.293 e. The number of rotatable bonds is 4. The maximum absolute atomic E-state index is 13.0. The van der Waals surface area contributed by atoms with Crippen LogP contribution in [0.5, 0.6) is 0 Å². The topological polar surface area (TPSA) is 44.0 Å². The quantitative estimate of drug-likeness (QED) is 0.678. The maximum atomic E-state index is 13.0. The zero-order valence-electron chi connectivity index (χ0n) is 15.3. The second kappa shape index (κ2) is 7.20. The molecule has 3 aromatic rings. The van der Waals surface area contributed by atoms with Gasteiger partial charge >= 0.3 is 5.69 Å². The van der Waals surface area contributed by atoms with Crippen LogP contribution in [-0.4, -0.2) is 17.0 Å². The van der Waals surface area contributed by atoms with Gasteiger partial charge in [-0.3, -0.25) is 13.9 Å². The molecular formula is C21H21BN2O2. The van der Waals surface area contributed by atoms with Gasteiger partial charge in [-0.05, 0) is 31.9 Å². The van der Waals surface area contributed by atoms with Crippen LogP contribution in [0.4, 0.5) is 0 Å². The minimum atomic E-state index is -0.296. The lowest BCUT2D eigenvalue weighted by Crippen LogP contribution is -2.42. The number of hydrogen-bond acceptors (Lipinski definition) is 2. The Kier molecular flexibility index (Phi) is 4.98. The highest BCUT2D eigenvalue weighted by Gasteiger charge is 2.14. The fourth-order valence-corrected chi connectivity index (χ4v) is 2.94. The van der Waals surface area contributed by atoms with E-state index in [0.717, 1.165) is 16.7 Å². The fraction of sp³-hybridized carbons (Fsp3) is 0.238. The van der Waals surface area contributed by atoms with Gasteiger partial charge in [-0.15, -0.1) is 0 Å². The van der Waals surface area contributed by atoms with Crippen molar-refractivity contribution >= 4 is 13.3 Å². The summed E-state index contributed by atoms with van der Waals surface area (Å²) in [7, 11) is 5.73. The molecule has 26 heavy (non-hydrogen) atoms. The Morgan fingerprint density at radius 1 is 0.769 bits per heavy atom. The third kappa shape index (κ3) is 3.57. The zero-order chi connectivity index (χ0) is 18.8. The van der Waals surface area contributed by atoms with Crippen LogP contribution >= 0.6 is 0 Å². The van der Waals surface area contributed by atoms with E-state index in [1.807, 2.05) is 62.4 Å². The van der Waals surface area contributed by atoms with Crippen molar-refractivity contribution in [3.63, 3.8) is 0 Å². The Bertz CT molecular complexity index is 1050.